The molecule has 0 spiro atoms. The molecule has 1 aromatic carbocycles. The molecule has 25 heavy (non-hydrogen) atoms. The van der Waals surface area contributed by atoms with E-state index in [1.165, 1.54) is 32.2 Å². The number of carbonyl (C=O) groups excluding carboxylic acids is 3. The number of Topliss-reactive ketones (excluding diaryl/α,β-unsaturated/α-hetero) is 2. The van der Waals surface area contributed by atoms with E-state index >= 15 is 0 Å². The maximum Gasteiger partial charge on any atom is 0.342 e. The average Bonchev–Trinajstić information content (AvgIpc) is 2.86. The van der Waals surface area contributed by atoms with E-state index in [0.29, 0.717) is 22.6 Å². The number of hydrogen-bond acceptors (Lipinski definition) is 6. The fourth-order valence-electron chi connectivity index (χ4n) is 2.65. The first kappa shape index (κ1) is 18.3. The first-order chi connectivity index (χ1) is 11.8. The summed E-state index contributed by atoms with van der Waals surface area (Å²) in [5.74, 6) is -1.36. The molecule has 0 bridgehead atoms. The van der Waals surface area contributed by atoms with E-state index in [0.717, 1.165) is 0 Å². The number of hydrogen-bond donors (Lipinski definition) is 2. The number of ketones is 2. The molecule has 0 radical (unpaired) electrons. The Hall–Kier alpha value is -3.09. The van der Waals surface area contributed by atoms with Crippen LogP contribution in [0.2, 0.25) is 0 Å². The quantitative estimate of drug-likeness (QED) is 0.616. The van der Waals surface area contributed by atoms with Crippen molar-refractivity contribution < 1.29 is 29.0 Å². The third-order valence-corrected chi connectivity index (χ3v) is 3.83. The number of benzene rings is 1. The van der Waals surface area contributed by atoms with Gasteiger partial charge >= 0.3 is 5.97 Å². The Bertz CT molecular complexity index is 849. The first-order valence-corrected chi connectivity index (χ1v) is 7.53. The van der Waals surface area contributed by atoms with Gasteiger partial charge in [-0.1, -0.05) is 0 Å². The van der Waals surface area contributed by atoms with Gasteiger partial charge in [-0.25, -0.2) is 4.79 Å². The summed E-state index contributed by atoms with van der Waals surface area (Å²) in [5, 5.41) is 9.81. The maximum absolute atomic E-state index is 12.3. The van der Waals surface area contributed by atoms with Gasteiger partial charge < -0.3 is 19.6 Å². The number of phenolic OH excluding ortho intramolecular Hbond substituents is 1. The van der Waals surface area contributed by atoms with Crippen molar-refractivity contribution in [2.45, 2.75) is 20.8 Å². The fourth-order valence-corrected chi connectivity index (χ4v) is 2.65. The summed E-state index contributed by atoms with van der Waals surface area (Å²) >= 11 is 0. The van der Waals surface area contributed by atoms with Crippen molar-refractivity contribution in [3.63, 3.8) is 0 Å². The molecular weight excluding hydrogens is 326 g/mol. The van der Waals surface area contributed by atoms with E-state index in [9.17, 15) is 19.5 Å². The van der Waals surface area contributed by atoms with E-state index in [-0.39, 0.29) is 22.8 Å². The number of ether oxygens (including phenoxy) is 2. The molecule has 0 aliphatic carbocycles. The summed E-state index contributed by atoms with van der Waals surface area (Å²) in [7, 11) is 1.43. The van der Waals surface area contributed by atoms with Crippen molar-refractivity contribution in [1.29, 1.82) is 0 Å². The molecule has 2 N–H and O–H groups in total. The van der Waals surface area contributed by atoms with Crippen molar-refractivity contribution in [1.82, 2.24) is 4.98 Å². The van der Waals surface area contributed by atoms with Crippen LogP contribution in [0.5, 0.6) is 11.5 Å². The van der Waals surface area contributed by atoms with Gasteiger partial charge in [0.15, 0.2) is 12.4 Å². The molecule has 0 saturated heterocycles. The molecule has 0 aliphatic heterocycles. The van der Waals surface area contributed by atoms with Crippen LogP contribution in [0.3, 0.4) is 0 Å². The molecule has 2 rings (SSSR count). The topological polar surface area (TPSA) is 106 Å². The molecule has 1 aromatic heterocycles. The zero-order chi connectivity index (χ0) is 18.7. The molecule has 2 aromatic rings. The van der Waals surface area contributed by atoms with Crippen LogP contribution in [0.25, 0.3) is 0 Å². The zero-order valence-corrected chi connectivity index (χ0v) is 14.4. The molecule has 0 aliphatic rings. The van der Waals surface area contributed by atoms with Gasteiger partial charge in [-0.3, -0.25) is 9.59 Å². The summed E-state index contributed by atoms with van der Waals surface area (Å²) in [5.41, 5.74) is 1.74. The largest absolute Gasteiger partial charge is 0.507 e. The van der Waals surface area contributed by atoms with E-state index in [1.54, 1.807) is 13.8 Å². The van der Waals surface area contributed by atoms with Gasteiger partial charge in [0.25, 0.3) is 0 Å². The molecular formula is C18H19NO6. The lowest BCUT2D eigenvalue weighted by molar-refractivity contribution is 0.0470. The zero-order valence-electron chi connectivity index (χ0n) is 14.4. The van der Waals surface area contributed by atoms with Crippen LogP contribution >= 0.6 is 0 Å². The molecule has 7 heteroatoms. The number of methoxy groups -OCH3 is 1. The lowest BCUT2D eigenvalue weighted by Gasteiger charge is -2.07. The molecule has 0 atom stereocenters. The number of nitrogens with one attached hydrogen (secondary N) is 1. The Labute approximate surface area is 144 Å². The summed E-state index contributed by atoms with van der Waals surface area (Å²) in [6.45, 7) is 4.26. The summed E-state index contributed by atoms with van der Waals surface area (Å²) in [6, 6.07) is 4.12. The van der Waals surface area contributed by atoms with Crippen molar-refractivity contribution in [2.75, 3.05) is 13.7 Å². The van der Waals surface area contributed by atoms with Crippen LogP contribution in [-0.4, -0.2) is 41.3 Å². The Morgan fingerprint density at radius 2 is 1.88 bits per heavy atom. The standard InChI is InChI=1S/C18H19NO6/c1-9-16(11(3)20)10(2)19-17(9)15(22)8-25-18(23)13-6-5-12(24-4)7-14(13)21/h5-7,19,21H,8H2,1-4H3. The number of carbonyl (C=O) groups is 3. The summed E-state index contributed by atoms with van der Waals surface area (Å²) in [6.07, 6.45) is 0. The van der Waals surface area contributed by atoms with Gasteiger partial charge in [0.05, 0.1) is 12.8 Å². The molecule has 1 heterocycles. The molecule has 132 valence electrons. The Morgan fingerprint density at radius 1 is 1.20 bits per heavy atom. The van der Waals surface area contributed by atoms with Crippen molar-refractivity contribution >= 4 is 17.5 Å². The number of aromatic amines is 1. The van der Waals surface area contributed by atoms with Gasteiger partial charge in [-0.05, 0) is 38.5 Å². The Balaban J connectivity index is 2.11. The number of aromatic hydroxyl groups is 1. The molecule has 0 amide bonds. The Kier molecular flexibility index (Phi) is 5.26. The van der Waals surface area contributed by atoms with Crippen LogP contribution in [-0.2, 0) is 4.74 Å². The molecule has 7 nitrogen and oxygen atoms in total. The monoisotopic (exact) mass is 345 g/mol. The van der Waals surface area contributed by atoms with Gasteiger partial charge in [0.1, 0.15) is 17.1 Å². The second kappa shape index (κ2) is 7.21. The SMILES string of the molecule is COc1ccc(C(=O)OCC(=O)c2[nH]c(C)c(C(C)=O)c2C)c(O)c1. The number of H-pyrrole nitrogens is 1. The third-order valence-electron chi connectivity index (χ3n) is 3.83. The van der Waals surface area contributed by atoms with Crippen LogP contribution in [0.1, 0.15) is 49.4 Å². The maximum atomic E-state index is 12.3. The van der Waals surface area contributed by atoms with Crippen LogP contribution < -0.4 is 4.74 Å². The van der Waals surface area contributed by atoms with E-state index in [1.807, 2.05) is 0 Å². The Morgan fingerprint density at radius 3 is 2.40 bits per heavy atom. The van der Waals surface area contributed by atoms with Gasteiger partial charge in [-0.2, -0.15) is 0 Å². The lowest BCUT2D eigenvalue weighted by Crippen LogP contribution is -2.15. The van der Waals surface area contributed by atoms with Gasteiger partial charge in [0.2, 0.25) is 5.78 Å². The highest BCUT2D eigenvalue weighted by Gasteiger charge is 2.21. The number of aromatic nitrogens is 1. The van der Waals surface area contributed by atoms with Crippen molar-refractivity contribution in [3.05, 3.63) is 46.3 Å². The second-order valence-electron chi connectivity index (χ2n) is 5.56. The van der Waals surface area contributed by atoms with Crippen molar-refractivity contribution in [3.8, 4) is 11.5 Å². The van der Waals surface area contributed by atoms with Crippen LogP contribution in [0.15, 0.2) is 18.2 Å². The lowest BCUT2D eigenvalue weighted by atomic mass is 10.1. The van der Waals surface area contributed by atoms with Gasteiger partial charge in [-0.15, -0.1) is 0 Å². The molecule has 0 saturated carbocycles. The smallest absolute Gasteiger partial charge is 0.342 e. The number of aryl methyl sites for hydroxylation is 1. The minimum Gasteiger partial charge on any atom is -0.507 e. The number of phenols is 1. The average molecular weight is 345 g/mol. The highest BCUT2D eigenvalue weighted by Crippen LogP contribution is 2.24. The van der Waals surface area contributed by atoms with Crippen LogP contribution in [0.4, 0.5) is 0 Å². The first-order valence-electron chi connectivity index (χ1n) is 7.53. The molecule has 0 fully saturated rings. The minimum atomic E-state index is -0.832. The second-order valence-corrected chi connectivity index (χ2v) is 5.56. The number of esters is 1. The predicted molar refractivity (Wildman–Crippen MR) is 89.5 cm³/mol. The van der Waals surface area contributed by atoms with E-state index < -0.39 is 18.4 Å². The van der Waals surface area contributed by atoms with E-state index in [2.05, 4.69) is 4.98 Å². The summed E-state index contributed by atoms with van der Waals surface area (Å²) < 4.78 is 9.90. The van der Waals surface area contributed by atoms with Gasteiger partial charge in [0, 0.05) is 17.3 Å². The summed E-state index contributed by atoms with van der Waals surface area (Å²) in [4.78, 5) is 38.8. The highest BCUT2D eigenvalue weighted by molar-refractivity contribution is 6.04. The highest BCUT2D eigenvalue weighted by atomic mass is 16.5. The van der Waals surface area contributed by atoms with Crippen LogP contribution in [0, 0.1) is 13.8 Å². The normalized spacial score (nSPS) is 10.4. The predicted octanol–water partition coefficient (Wildman–Crippen LogP) is 2.59. The van der Waals surface area contributed by atoms with E-state index in [4.69, 9.17) is 9.47 Å². The molecule has 0 unspecified atom stereocenters. The fraction of sp³-hybridized carbons (Fsp3) is 0.278. The number of rotatable bonds is 6. The minimum absolute atomic E-state index is 0.0718. The third kappa shape index (κ3) is 3.71. The van der Waals surface area contributed by atoms with Crippen molar-refractivity contribution in [2.24, 2.45) is 0 Å².